The molecule has 0 bridgehead atoms. The molecule has 0 aromatic heterocycles. The number of halogens is 1. The summed E-state index contributed by atoms with van der Waals surface area (Å²) in [6.07, 6.45) is 1.46. The summed E-state index contributed by atoms with van der Waals surface area (Å²) in [6, 6.07) is 11.3. The summed E-state index contributed by atoms with van der Waals surface area (Å²) in [4.78, 5) is 11.9. The lowest BCUT2D eigenvalue weighted by Gasteiger charge is -2.15. The van der Waals surface area contributed by atoms with Crippen LogP contribution in [0.4, 0.5) is 0 Å². The molecule has 0 heterocycles. The molecular weight excluding hydrogens is 462 g/mol. The van der Waals surface area contributed by atoms with Crippen molar-refractivity contribution < 1.29 is 23.7 Å². The second-order valence-corrected chi connectivity index (χ2v) is 7.45. The van der Waals surface area contributed by atoms with Crippen LogP contribution < -0.4 is 14.2 Å². The monoisotopic (exact) mass is 487 g/mol. The summed E-state index contributed by atoms with van der Waals surface area (Å²) in [7, 11) is 0. The maximum absolute atomic E-state index is 11.9. The van der Waals surface area contributed by atoms with Crippen LogP contribution in [0.25, 0.3) is 6.08 Å². The van der Waals surface area contributed by atoms with Crippen LogP contribution in [0.5, 0.6) is 17.2 Å². The van der Waals surface area contributed by atoms with Crippen molar-refractivity contribution in [1.82, 2.24) is 0 Å². The van der Waals surface area contributed by atoms with Crippen LogP contribution in [0.1, 0.15) is 30.5 Å². The zero-order valence-electron chi connectivity index (χ0n) is 18.2. The first kappa shape index (κ1) is 24.3. The van der Waals surface area contributed by atoms with Gasteiger partial charge in [0.15, 0.2) is 11.5 Å². The van der Waals surface area contributed by atoms with E-state index in [4.69, 9.17) is 18.9 Å². The third-order valence-corrected chi connectivity index (χ3v) is 4.92. The Morgan fingerprint density at radius 3 is 2.42 bits per heavy atom. The highest BCUT2D eigenvalue weighted by Gasteiger charge is 2.15. The summed E-state index contributed by atoms with van der Waals surface area (Å²) in [5.74, 6) is 1.15. The molecule has 6 nitrogen and oxygen atoms in total. The van der Waals surface area contributed by atoms with E-state index in [0.29, 0.717) is 41.4 Å². The van der Waals surface area contributed by atoms with Gasteiger partial charge in [0.2, 0.25) is 0 Å². The van der Waals surface area contributed by atoms with Gasteiger partial charge in [-0.05, 0) is 90.7 Å². The molecule has 0 amide bonds. The summed E-state index contributed by atoms with van der Waals surface area (Å²) in [5.41, 5.74) is 2.90. The predicted octanol–water partition coefficient (Wildman–Crippen LogP) is 5.39. The van der Waals surface area contributed by atoms with Crippen molar-refractivity contribution in [3.8, 4) is 23.3 Å². The van der Waals surface area contributed by atoms with Crippen LogP contribution in [0.15, 0.2) is 40.4 Å². The molecule has 31 heavy (non-hydrogen) atoms. The van der Waals surface area contributed by atoms with Gasteiger partial charge in [0, 0.05) is 0 Å². The predicted molar refractivity (Wildman–Crippen MR) is 122 cm³/mol. The van der Waals surface area contributed by atoms with E-state index in [1.165, 1.54) is 17.2 Å². The molecule has 0 atom stereocenters. The Balaban J connectivity index is 2.13. The number of nitrogens with zero attached hydrogens (tertiary/aromatic N) is 1. The Bertz CT molecular complexity index is 994. The Labute approximate surface area is 191 Å². The SMILES string of the molecule is CCOC(=O)/C(C#N)=C/c1cc(Br)c(OCCOc2ccc(C)c(C)c2)c(OCC)c1. The van der Waals surface area contributed by atoms with Crippen molar-refractivity contribution in [2.75, 3.05) is 26.4 Å². The topological polar surface area (TPSA) is 77.8 Å². The van der Waals surface area contributed by atoms with Crippen LogP contribution in [0.3, 0.4) is 0 Å². The standard InChI is InChI=1S/C24H26BrNO5/c1-5-28-22-14-18(12-19(15-26)24(27)29-6-2)13-21(25)23(22)31-10-9-30-20-8-7-16(3)17(4)11-20/h7-8,11-14H,5-6,9-10H2,1-4H3/b19-12+. The first-order chi connectivity index (χ1) is 14.9. The summed E-state index contributed by atoms with van der Waals surface area (Å²) in [6.45, 7) is 8.95. The van der Waals surface area contributed by atoms with Gasteiger partial charge in [-0.25, -0.2) is 4.79 Å². The molecule has 0 spiro atoms. The van der Waals surface area contributed by atoms with Crippen LogP contribution in [-0.4, -0.2) is 32.4 Å². The fourth-order valence-electron chi connectivity index (χ4n) is 2.69. The molecule has 7 heteroatoms. The lowest BCUT2D eigenvalue weighted by Crippen LogP contribution is -2.10. The van der Waals surface area contributed by atoms with Gasteiger partial charge in [-0.15, -0.1) is 0 Å². The van der Waals surface area contributed by atoms with E-state index < -0.39 is 5.97 Å². The first-order valence-electron chi connectivity index (χ1n) is 9.97. The summed E-state index contributed by atoms with van der Waals surface area (Å²) < 4.78 is 22.9. The van der Waals surface area contributed by atoms with Crippen LogP contribution in [-0.2, 0) is 9.53 Å². The molecule has 0 aliphatic rings. The minimum absolute atomic E-state index is 0.0911. The number of aryl methyl sites for hydroxylation is 2. The molecular formula is C24H26BrNO5. The van der Waals surface area contributed by atoms with E-state index in [0.717, 1.165) is 5.75 Å². The molecule has 0 aliphatic heterocycles. The number of benzene rings is 2. The highest BCUT2D eigenvalue weighted by atomic mass is 79.9. The fourth-order valence-corrected chi connectivity index (χ4v) is 3.27. The smallest absolute Gasteiger partial charge is 0.348 e. The van der Waals surface area contributed by atoms with E-state index in [1.54, 1.807) is 19.1 Å². The third-order valence-electron chi connectivity index (χ3n) is 4.34. The quantitative estimate of drug-likeness (QED) is 0.193. The molecule has 0 N–H and O–H groups in total. The van der Waals surface area contributed by atoms with Gasteiger partial charge in [0.05, 0.1) is 17.7 Å². The average molecular weight is 488 g/mol. The number of nitriles is 1. The number of hydrogen-bond donors (Lipinski definition) is 0. The fraction of sp³-hybridized carbons (Fsp3) is 0.333. The molecule has 2 aromatic carbocycles. The van der Waals surface area contributed by atoms with Gasteiger partial charge >= 0.3 is 5.97 Å². The normalized spacial score (nSPS) is 10.9. The van der Waals surface area contributed by atoms with E-state index in [1.807, 2.05) is 38.1 Å². The van der Waals surface area contributed by atoms with E-state index in [2.05, 4.69) is 22.9 Å². The average Bonchev–Trinajstić information content (AvgIpc) is 2.73. The van der Waals surface area contributed by atoms with Crippen molar-refractivity contribution in [3.05, 3.63) is 57.1 Å². The molecule has 0 fully saturated rings. The molecule has 2 rings (SSSR count). The molecule has 0 radical (unpaired) electrons. The van der Waals surface area contributed by atoms with Crippen molar-refractivity contribution in [2.45, 2.75) is 27.7 Å². The van der Waals surface area contributed by atoms with Gasteiger partial charge in [-0.1, -0.05) is 6.07 Å². The number of esters is 1. The van der Waals surface area contributed by atoms with Gasteiger partial charge in [0.25, 0.3) is 0 Å². The second kappa shape index (κ2) is 12.0. The third kappa shape index (κ3) is 7.04. The van der Waals surface area contributed by atoms with Gasteiger partial charge in [-0.2, -0.15) is 5.26 Å². The Kier molecular flexibility index (Phi) is 9.41. The molecule has 0 saturated heterocycles. The number of ether oxygens (including phenoxy) is 4. The van der Waals surface area contributed by atoms with E-state index in [9.17, 15) is 10.1 Å². The number of rotatable bonds is 10. The highest BCUT2D eigenvalue weighted by Crippen LogP contribution is 2.37. The minimum Gasteiger partial charge on any atom is -0.490 e. The lowest BCUT2D eigenvalue weighted by atomic mass is 10.1. The van der Waals surface area contributed by atoms with E-state index in [-0.39, 0.29) is 12.2 Å². The molecule has 2 aromatic rings. The van der Waals surface area contributed by atoms with Crippen LogP contribution in [0, 0.1) is 25.2 Å². The van der Waals surface area contributed by atoms with Crippen molar-refractivity contribution in [3.63, 3.8) is 0 Å². The Hall–Kier alpha value is -2.98. The van der Waals surface area contributed by atoms with Gasteiger partial charge in [0.1, 0.15) is 30.6 Å². The zero-order valence-corrected chi connectivity index (χ0v) is 19.7. The number of carbonyl (C=O) groups excluding carboxylic acids is 1. The van der Waals surface area contributed by atoms with Crippen molar-refractivity contribution >= 4 is 28.0 Å². The largest absolute Gasteiger partial charge is 0.490 e. The van der Waals surface area contributed by atoms with E-state index >= 15 is 0 Å². The Morgan fingerprint density at radius 1 is 1.03 bits per heavy atom. The lowest BCUT2D eigenvalue weighted by molar-refractivity contribution is -0.137. The number of hydrogen-bond acceptors (Lipinski definition) is 6. The van der Waals surface area contributed by atoms with Crippen LogP contribution in [0.2, 0.25) is 0 Å². The van der Waals surface area contributed by atoms with Crippen LogP contribution >= 0.6 is 15.9 Å². The molecule has 0 aliphatic carbocycles. The second-order valence-electron chi connectivity index (χ2n) is 6.60. The first-order valence-corrected chi connectivity index (χ1v) is 10.8. The summed E-state index contributed by atoms with van der Waals surface area (Å²) in [5, 5.41) is 9.25. The maximum atomic E-state index is 11.9. The molecule has 0 saturated carbocycles. The zero-order chi connectivity index (χ0) is 22.8. The van der Waals surface area contributed by atoms with Crippen molar-refractivity contribution in [2.24, 2.45) is 0 Å². The van der Waals surface area contributed by atoms with Gasteiger partial charge in [-0.3, -0.25) is 0 Å². The maximum Gasteiger partial charge on any atom is 0.348 e. The summed E-state index contributed by atoms with van der Waals surface area (Å²) >= 11 is 3.49. The molecule has 0 unspecified atom stereocenters. The number of carbonyl (C=O) groups is 1. The van der Waals surface area contributed by atoms with Gasteiger partial charge < -0.3 is 18.9 Å². The minimum atomic E-state index is -0.664. The molecule has 164 valence electrons. The highest BCUT2D eigenvalue weighted by molar-refractivity contribution is 9.10. The Morgan fingerprint density at radius 2 is 1.77 bits per heavy atom. The van der Waals surface area contributed by atoms with Crippen molar-refractivity contribution in [1.29, 1.82) is 5.26 Å².